The topological polar surface area (TPSA) is 63.9 Å². The molecule has 0 aliphatic carbocycles. The molecule has 4 nitrogen and oxygen atoms in total. The van der Waals surface area contributed by atoms with Gasteiger partial charge in [0.1, 0.15) is 11.4 Å². The number of aromatic amines is 1. The maximum absolute atomic E-state index is 5.47. The van der Waals surface area contributed by atoms with Crippen LogP contribution in [-0.2, 0) is 0 Å². The van der Waals surface area contributed by atoms with E-state index in [0.29, 0.717) is 13.2 Å². The average Bonchev–Trinajstić information content (AvgIpc) is 2.65. The molecule has 0 aliphatic rings. The lowest BCUT2D eigenvalue weighted by Crippen LogP contribution is -2.06. The Morgan fingerprint density at radius 1 is 1.50 bits per heavy atom. The van der Waals surface area contributed by atoms with Crippen molar-refractivity contribution in [2.24, 2.45) is 5.73 Å². The van der Waals surface area contributed by atoms with Gasteiger partial charge >= 0.3 is 0 Å². The summed E-state index contributed by atoms with van der Waals surface area (Å²) < 4.78 is 5.47. The minimum atomic E-state index is 0.647. The van der Waals surface area contributed by atoms with E-state index in [0.717, 1.165) is 23.2 Å². The van der Waals surface area contributed by atoms with Gasteiger partial charge in [0, 0.05) is 11.6 Å². The summed E-state index contributed by atoms with van der Waals surface area (Å²) in [6, 6.07) is 3.94. The van der Waals surface area contributed by atoms with Gasteiger partial charge in [-0.1, -0.05) is 0 Å². The summed E-state index contributed by atoms with van der Waals surface area (Å²) in [5, 5.41) is 1.07. The Labute approximate surface area is 82.1 Å². The Balaban J connectivity index is 2.10. The second-order valence-electron chi connectivity index (χ2n) is 3.08. The molecule has 74 valence electrons. The van der Waals surface area contributed by atoms with Crippen molar-refractivity contribution in [2.75, 3.05) is 13.2 Å². The number of hydrogen-bond donors (Lipinski definition) is 2. The van der Waals surface area contributed by atoms with Gasteiger partial charge in [-0.3, -0.25) is 0 Å². The van der Waals surface area contributed by atoms with Crippen molar-refractivity contribution in [2.45, 2.75) is 6.42 Å². The van der Waals surface area contributed by atoms with Gasteiger partial charge in [-0.2, -0.15) is 0 Å². The van der Waals surface area contributed by atoms with Crippen molar-refractivity contribution in [3.05, 3.63) is 24.5 Å². The third-order valence-electron chi connectivity index (χ3n) is 1.99. The molecule has 0 radical (unpaired) electrons. The number of pyridine rings is 1. The van der Waals surface area contributed by atoms with Gasteiger partial charge in [0.25, 0.3) is 0 Å². The fourth-order valence-electron chi connectivity index (χ4n) is 1.27. The number of nitrogens with one attached hydrogen (secondary N) is 1. The maximum Gasteiger partial charge on any atom is 0.138 e. The molecular formula is C10H13N3O. The highest BCUT2D eigenvalue weighted by Crippen LogP contribution is 2.16. The first-order chi connectivity index (χ1) is 6.90. The first-order valence-corrected chi connectivity index (χ1v) is 4.66. The largest absolute Gasteiger partial charge is 0.492 e. The average molecular weight is 191 g/mol. The number of nitrogens with two attached hydrogens (primary N) is 1. The molecule has 0 aliphatic heterocycles. The Kier molecular flexibility index (Phi) is 2.65. The van der Waals surface area contributed by atoms with Crippen LogP contribution < -0.4 is 10.5 Å². The summed E-state index contributed by atoms with van der Waals surface area (Å²) in [6.45, 7) is 1.30. The van der Waals surface area contributed by atoms with Gasteiger partial charge in [-0.15, -0.1) is 0 Å². The number of hydrogen-bond acceptors (Lipinski definition) is 3. The number of rotatable bonds is 4. The minimum absolute atomic E-state index is 0.647. The SMILES string of the molecule is NCCCOc1cnc2[nH]ccc2c1. The van der Waals surface area contributed by atoms with Crippen LogP contribution in [-0.4, -0.2) is 23.1 Å². The van der Waals surface area contributed by atoms with Crippen molar-refractivity contribution in [1.29, 1.82) is 0 Å². The molecule has 0 aromatic carbocycles. The van der Waals surface area contributed by atoms with Crippen molar-refractivity contribution in [1.82, 2.24) is 9.97 Å². The molecule has 3 N–H and O–H groups in total. The lowest BCUT2D eigenvalue weighted by Gasteiger charge is -2.03. The lowest BCUT2D eigenvalue weighted by molar-refractivity contribution is 0.313. The molecule has 0 saturated heterocycles. The van der Waals surface area contributed by atoms with E-state index in [-0.39, 0.29) is 0 Å². The molecule has 0 unspecified atom stereocenters. The Morgan fingerprint density at radius 3 is 3.29 bits per heavy atom. The van der Waals surface area contributed by atoms with Crippen molar-refractivity contribution in [3.63, 3.8) is 0 Å². The molecule has 2 aromatic heterocycles. The fraction of sp³-hybridized carbons (Fsp3) is 0.300. The normalized spacial score (nSPS) is 10.6. The van der Waals surface area contributed by atoms with Gasteiger partial charge in [0.15, 0.2) is 0 Å². The number of H-pyrrole nitrogens is 1. The smallest absolute Gasteiger partial charge is 0.138 e. The van der Waals surface area contributed by atoms with Crippen LogP contribution in [0.3, 0.4) is 0 Å². The zero-order valence-electron chi connectivity index (χ0n) is 7.86. The summed E-state index contributed by atoms with van der Waals surface area (Å²) in [6.07, 6.45) is 4.45. The van der Waals surface area contributed by atoms with Crippen molar-refractivity contribution < 1.29 is 4.74 Å². The van der Waals surface area contributed by atoms with E-state index in [2.05, 4.69) is 9.97 Å². The van der Waals surface area contributed by atoms with Crippen LogP contribution in [0, 0.1) is 0 Å². The highest BCUT2D eigenvalue weighted by molar-refractivity contribution is 5.76. The van der Waals surface area contributed by atoms with Crippen LogP contribution in [0.25, 0.3) is 11.0 Å². The summed E-state index contributed by atoms with van der Waals surface area (Å²) in [5.74, 6) is 0.797. The standard InChI is InChI=1S/C10H13N3O/c11-3-1-5-14-9-6-8-2-4-12-10(8)13-7-9/h2,4,6-7H,1,3,5,11H2,(H,12,13). The molecule has 14 heavy (non-hydrogen) atoms. The Hall–Kier alpha value is -1.55. The van der Waals surface area contributed by atoms with Gasteiger partial charge in [-0.05, 0) is 25.1 Å². The highest BCUT2D eigenvalue weighted by atomic mass is 16.5. The van der Waals surface area contributed by atoms with Crippen LogP contribution >= 0.6 is 0 Å². The van der Waals surface area contributed by atoms with Crippen LogP contribution in [0.15, 0.2) is 24.5 Å². The molecule has 0 saturated carbocycles. The molecule has 2 rings (SSSR count). The monoisotopic (exact) mass is 191 g/mol. The van der Waals surface area contributed by atoms with Crippen LogP contribution in [0.2, 0.25) is 0 Å². The number of fused-ring (bicyclic) bond motifs is 1. The third-order valence-corrected chi connectivity index (χ3v) is 1.99. The van der Waals surface area contributed by atoms with E-state index >= 15 is 0 Å². The predicted octanol–water partition coefficient (Wildman–Crippen LogP) is 1.29. The summed E-state index contributed by atoms with van der Waals surface area (Å²) in [7, 11) is 0. The second kappa shape index (κ2) is 4.11. The maximum atomic E-state index is 5.47. The quantitative estimate of drug-likeness (QED) is 0.716. The van der Waals surface area contributed by atoms with E-state index in [1.54, 1.807) is 6.20 Å². The van der Waals surface area contributed by atoms with E-state index in [1.807, 2.05) is 18.3 Å². The van der Waals surface area contributed by atoms with Gasteiger partial charge in [-0.25, -0.2) is 4.98 Å². The van der Waals surface area contributed by atoms with Crippen molar-refractivity contribution in [3.8, 4) is 5.75 Å². The minimum Gasteiger partial charge on any atom is -0.492 e. The molecule has 0 spiro atoms. The number of nitrogens with zero attached hydrogens (tertiary/aromatic N) is 1. The van der Waals surface area contributed by atoms with Crippen LogP contribution in [0.1, 0.15) is 6.42 Å². The first kappa shape index (κ1) is 9.02. The zero-order valence-corrected chi connectivity index (χ0v) is 7.86. The van der Waals surface area contributed by atoms with Crippen LogP contribution in [0.5, 0.6) is 5.75 Å². The van der Waals surface area contributed by atoms with Crippen molar-refractivity contribution >= 4 is 11.0 Å². The number of aromatic nitrogens is 2. The lowest BCUT2D eigenvalue weighted by atomic mass is 10.3. The van der Waals surface area contributed by atoms with Gasteiger partial charge in [0.2, 0.25) is 0 Å². The molecule has 0 amide bonds. The second-order valence-corrected chi connectivity index (χ2v) is 3.08. The Morgan fingerprint density at radius 2 is 2.43 bits per heavy atom. The van der Waals surface area contributed by atoms with Gasteiger partial charge < -0.3 is 15.5 Å². The van der Waals surface area contributed by atoms with E-state index in [4.69, 9.17) is 10.5 Å². The predicted molar refractivity (Wildman–Crippen MR) is 55.3 cm³/mol. The first-order valence-electron chi connectivity index (χ1n) is 4.66. The van der Waals surface area contributed by atoms with E-state index < -0.39 is 0 Å². The number of ether oxygens (including phenoxy) is 1. The molecule has 0 bridgehead atoms. The third kappa shape index (κ3) is 1.85. The van der Waals surface area contributed by atoms with E-state index in [9.17, 15) is 0 Å². The fourth-order valence-corrected chi connectivity index (χ4v) is 1.27. The molecule has 0 atom stereocenters. The molecule has 4 heteroatoms. The van der Waals surface area contributed by atoms with Gasteiger partial charge in [0.05, 0.1) is 12.8 Å². The summed E-state index contributed by atoms with van der Waals surface area (Å²) >= 11 is 0. The summed E-state index contributed by atoms with van der Waals surface area (Å²) in [5.41, 5.74) is 6.25. The summed E-state index contributed by atoms with van der Waals surface area (Å²) in [4.78, 5) is 7.24. The molecule has 2 heterocycles. The van der Waals surface area contributed by atoms with Crippen LogP contribution in [0.4, 0.5) is 0 Å². The Bertz CT molecular complexity index is 410. The highest BCUT2D eigenvalue weighted by Gasteiger charge is 1.98. The molecular weight excluding hydrogens is 178 g/mol. The zero-order chi connectivity index (χ0) is 9.80. The molecule has 2 aromatic rings. The van der Waals surface area contributed by atoms with E-state index in [1.165, 1.54) is 0 Å². The molecule has 0 fully saturated rings.